The quantitative estimate of drug-likeness (QED) is 0.661. The minimum Gasteiger partial charge on any atom is -0.384 e. The third-order valence-corrected chi connectivity index (χ3v) is 4.95. The zero-order valence-corrected chi connectivity index (χ0v) is 13.2. The fourth-order valence-electron chi connectivity index (χ4n) is 2.16. The molecule has 0 radical (unpaired) electrons. The number of thioether (sulfide) groups is 1. The van der Waals surface area contributed by atoms with Crippen molar-refractivity contribution in [3.63, 3.8) is 0 Å². The van der Waals surface area contributed by atoms with Gasteiger partial charge in [0.2, 0.25) is 5.91 Å². The molecule has 2 heterocycles. The number of carbonyl (C=O) groups is 1. The smallest absolute Gasteiger partial charge is 0.236 e. The Morgan fingerprint density at radius 1 is 1.43 bits per heavy atom. The van der Waals surface area contributed by atoms with Crippen LogP contribution in [0.25, 0.3) is 0 Å². The molecule has 0 saturated carbocycles. The molecule has 0 atom stereocenters. The van der Waals surface area contributed by atoms with E-state index in [1.54, 1.807) is 17.4 Å². The van der Waals surface area contributed by atoms with Gasteiger partial charge < -0.3 is 11.1 Å². The predicted molar refractivity (Wildman–Crippen MR) is 84.7 cm³/mol. The van der Waals surface area contributed by atoms with Gasteiger partial charge in [-0.25, -0.2) is 15.0 Å². The summed E-state index contributed by atoms with van der Waals surface area (Å²) in [5, 5.41) is 4.04. The maximum absolute atomic E-state index is 11.9. The van der Waals surface area contributed by atoms with E-state index in [0.717, 1.165) is 24.2 Å². The molecule has 0 fully saturated rings. The topological polar surface area (TPSA) is 93.8 Å². The van der Waals surface area contributed by atoms with Crippen LogP contribution in [0.1, 0.15) is 22.7 Å². The first-order chi connectivity index (χ1) is 10.1. The van der Waals surface area contributed by atoms with E-state index in [-0.39, 0.29) is 11.7 Å². The molecule has 0 spiro atoms. The van der Waals surface area contributed by atoms with E-state index in [1.807, 2.05) is 6.92 Å². The molecule has 1 aliphatic rings. The highest BCUT2D eigenvalue weighted by Crippen LogP contribution is 2.30. The van der Waals surface area contributed by atoms with Crippen LogP contribution in [0.4, 0.5) is 10.9 Å². The molecule has 0 aromatic carbocycles. The van der Waals surface area contributed by atoms with Crippen molar-refractivity contribution in [1.29, 1.82) is 0 Å². The molecule has 0 bridgehead atoms. The minimum atomic E-state index is -0.101. The van der Waals surface area contributed by atoms with E-state index in [4.69, 9.17) is 5.73 Å². The standard InChI is InChI=1S/C13H15N5OS2/c1-7-5-10(14)17-12(15-7)20-6-11(19)18-13-16-8-3-2-4-9(8)21-13/h5H,2-4,6H2,1H3,(H2,14,15,17)(H,16,18,19). The fourth-order valence-corrected chi connectivity index (χ4v) is 3.94. The van der Waals surface area contributed by atoms with Gasteiger partial charge in [-0.2, -0.15) is 0 Å². The number of fused-ring (bicyclic) bond motifs is 1. The Labute approximate surface area is 130 Å². The molecule has 110 valence electrons. The lowest BCUT2D eigenvalue weighted by Crippen LogP contribution is -2.14. The molecular weight excluding hydrogens is 306 g/mol. The van der Waals surface area contributed by atoms with Crippen molar-refractivity contribution in [3.05, 3.63) is 22.3 Å². The second kappa shape index (κ2) is 5.98. The molecule has 2 aromatic rings. The number of nitrogens with zero attached hydrogens (tertiary/aromatic N) is 3. The van der Waals surface area contributed by atoms with Crippen LogP contribution in [-0.2, 0) is 17.6 Å². The number of aromatic nitrogens is 3. The molecule has 1 aliphatic carbocycles. The normalized spacial score (nSPS) is 13.2. The van der Waals surface area contributed by atoms with Gasteiger partial charge in [-0.1, -0.05) is 11.8 Å². The summed E-state index contributed by atoms with van der Waals surface area (Å²) in [6, 6.07) is 1.70. The highest BCUT2D eigenvalue weighted by Gasteiger charge is 2.17. The highest BCUT2D eigenvalue weighted by atomic mass is 32.2. The molecule has 8 heteroatoms. The van der Waals surface area contributed by atoms with Crippen molar-refractivity contribution >= 4 is 40.0 Å². The second-order valence-corrected chi connectivity index (χ2v) is 6.82. The van der Waals surface area contributed by atoms with Gasteiger partial charge in [-0.15, -0.1) is 11.3 Å². The lowest BCUT2D eigenvalue weighted by atomic mass is 10.4. The van der Waals surface area contributed by atoms with Crippen LogP contribution in [0.5, 0.6) is 0 Å². The number of hydrogen-bond acceptors (Lipinski definition) is 7. The number of thiazole rings is 1. The molecule has 2 aromatic heterocycles. The average Bonchev–Trinajstić information content (AvgIpc) is 2.96. The molecule has 21 heavy (non-hydrogen) atoms. The number of aryl methyl sites for hydroxylation is 3. The highest BCUT2D eigenvalue weighted by molar-refractivity contribution is 7.99. The molecule has 6 nitrogen and oxygen atoms in total. The fraction of sp³-hybridized carbons (Fsp3) is 0.385. The summed E-state index contributed by atoms with van der Waals surface area (Å²) in [6.07, 6.45) is 3.27. The van der Waals surface area contributed by atoms with Gasteiger partial charge >= 0.3 is 0 Å². The maximum atomic E-state index is 11.9. The largest absolute Gasteiger partial charge is 0.384 e. The Balaban J connectivity index is 1.56. The van der Waals surface area contributed by atoms with Gasteiger partial charge in [0.1, 0.15) is 5.82 Å². The van der Waals surface area contributed by atoms with Crippen molar-refractivity contribution in [2.45, 2.75) is 31.3 Å². The number of nitrogens with one attached hydrogen (secondary N) is 1. The summed E-state index contributed by atoms with van der Waals surface area (Å²) in [6.45, 7) is 1.85. The first-order valence-corrected chi connectivity index (χ1v) is 8.43. The van der Waals surface area contributed by atoms with Gasteiger partial charge in [0.25, 0.3) is 0 Å². The zero-order valence-electron chi connectivity index (χ0n) is 11.5. The molecular formula is C13H15N5OS2. The average molecular weight is 321 g/mol. The third-order valence-electron chi connectivity index (χ3n) is 3.03. The summed E-state index contributed by atoms with van der Waals surface area (Å²) in [5.41, 5.74) is 7.59. The molecule has 1 amide bonds. The SMILES string of the molecule is Cc1cc(N)nc(SCC(=O)Nc2nc3c(s2)CCC3)n1. The monoisotopic (exact) mass is 321 g/mol. The van der Waals surface area contributed by atoms with E-state index >= 15 is 0 Å². The van der Waals surface area contributed by atoms with E-state index in [0.29, 0.717) is 16.1 Å². The molecule has 0 saturated heterocycles. The van der Waals surface area contributed by atoms with Crippen LogP contribution in [0.3, 0.4) is 0 Å². The first kappa shape index (κ1) is 14.3. The third kappa shape index (κ3) is 3.51. The maximum Gasteiger partial charge on any atom is 0.236 e. The van der Waals surface area contributed by atoms with Gasteiger partial charge in [-0.3, -0.25) is 4.79 Å². The number of amides is 1. The summed E-state index contributed by atoms with van der Waals surface area (Å²) >= 11 is 2.84. The Bertz CT molecular complexity index is 643. The molecule has 0 unspecified atom stereocenters. The predicted octanol–water partition coefficient (Wildman–Crippen LogP) is 2.04. The van der Waals surface area contributed by atoms with Crippen LogP contribution in [0.15, 0.2) is 11.2 Å². The van der Waals surface area contributed by atoms with Crippen molar-refractivity contribution in [2.24, 2.45) is 0 Å². The van der Waals surface area contributed by atoms with Crippen LogP contribution in [0.2, 0.25) is 0 Å². The Kier molecular flexibility index (Phi) is 4.07. The number of rotatable bonds is 4. The first-order valence-electron chi connectivity index (χ1n) is 6.62. The molecule has 3 N–H and O–H groups in total. The van der Waals surface area contributed by atoms with Crippen molar-refractivity contribution in [1.82, 2.24) is 15.0 Å². The lowest BCUT2D eigenvalue weighted by molar-refractivity contribution is -0.113. The summed E-state index contributed by atoms with van der Waals surface area (Å²) in [7, 11) is 0. The van der Waals surface area contributed by atoms with E-state index in [1.165, 1.54) is 23.1 Å². The lowest BCUT2D eigenvalue weighted by Gasteiger charge is -2.03. The van der Waals surface area contributed by atoms with Crippen LogP contribution in [0, 0.1) is 6.92 Å². The van der Waals surface area contributed by atoms with Crippen molar-refractivity contribution in [2.75, 3.05) is 16.8 Å². The number of carbonyl (C=O) groups excluding carboxylic acids is 1. The minimum absolute atomic E-state index is 0.101. The Morgan fingerprint density at radius 3 is 3.05 bits per heavy atom. The van der Waals surface area contributed by atoms with Gasteiger partial charge in [-0.05, 0) is 26.2 Å². The van der Waals surface area contributed by atoms with Gasteiger partial charge in [0, 0.05) is 16.6 Å². The van der Waals surface area contributed by atoms with Crippen LogP contribution >= 0.6 is 23.1 Å². The summed E-state index contributed by atoms with van der Waals surface area (Å²) in [4.78, 5) is 26.0. The number of hydrogen-bond donors (Lipinski definition) is 2. The van der Waals surface area contributed by atoms with Crippen LogP contribution < -0.4 is 11.1 Å². The van der Waals surface area contributed by atoms with Gasteiger partial charge in [0.15, 0.2) is 10.3 Å². The zero-order chi connectivity index (χ0) is 14.8. The van der Waals surface area contributed by atoms with Crippen molar-refractivity contribution in [3.8, 4) is 0 Å². The summed E-state index contributed by atoms with van der Waals surface area (Å²) < 4.78 is 0. The van der Waals surface area contributed by atoms with Crippen molar-refractivity contribution < 1.29 is 4.79 Å². The molecule has 3 rings (SSSR count). The Hall–Kier alpha value is -1.67. The Morgan fingerprint density at radius 2 is 2.29 bits per heavy atom. The van der Waals surface area contributed by atoms with E-state index in [2.05, 4.69) is 20.3 Å². The van der Waals surface area contributed by atoms with E-state index in [9.17, 15) is 4.79 Å². The van der Waals surface area contributed by atoms with E-state index < -0.39 is 0 Å². The van der Waals surface area contributed by atoms with Gasteiger partial charge in [0.05, 0.1) is 11.4 Å². The molecule has 0 aliphatic heterocycles. The number of anilines is 2. The number of nitrogen functional groups attached to an aromatic ring is 1. The van der Waals surface area contributed by atoms with Crippen LogP contribution in [-0.4, -0.2) is 26.6 Å². The second-order valence-electron chi connectivity index (χ2n) is 4.80. The number of nitrogens with two attached hydrogens (primary N) is 1. The summed E-state index contributed by atoms with van der Waals surface area (Å²) in [5.74, 6) is 0.561.